The van der Waals surface area contributed by atoms with Crippen LogP contribution in [0.25, 0.3) is 0 Å². The lowest BCUT2D eigenvalue weighted by Gasteiger charge is -2.22. The number of rotatable bonds is 6. The first kappa shape index (κ1) is 15.1. The van der Waals surface area contributed by atoms with E-state index in [1.807, 2.05) is 0 Å². The van der Waals surface area contributed by atoms with Crippen molar-refractivity contribution in [1.29, 1.82) is 0 Å². The molecule has 0 bridgehead atoms. The first-order chi connectivity index (χ1) is 9.79. The summed E-state index contributed by atoms with van der Waals surface area (Å²) in [5.41, 5.74) is 0.354. The van der Waals surface area contributed by atoms with E-state index in [4.69, 9.17) is 4.74 Å². The molecular weight excluding hydrogens is 276 g/mol. The largest absolute Gasteiger partial charge is 0.381 e. The second-order valence-corrected chi connectivity index (χ2v) is 5.57. The lowest BCUT2D eigenvalue weighted by atomic mass is 10.1. The Bertz CT molecular complexity index is 421. The Morgan fingerprint density at radius 3 is 2.85 bits per heavy atom. The van der Waals surface area contributed by atoms with Crippen molar-refractivity contribution in [3.05, 3.63) is 17.8 Å². The van der Waals surface area contributed by atoms with Gasteiger partial charge < -0.3 is 15.4 Å². The van der Waals surface area contributed by atoms with E-state index in [0.717, 1.165) is 25.1 Å². The minimum atomic E-state index is -0.167. The number of ether oxygens (including phenoxy) is 1. The van der Waals surface area contributed by atoms with E-state index in [9.17, 15) is 4.79 Å². The molecule has 1 saturated heterocycles. The van der Waals surface area contributed by atoms with Crippen molar-refractivity contribution in [1.82, 2.24) is 15.5 Å². The Hall–Kier alpha value is -1.34. The predicted octanol–water partition coefficient (Wildman–Crippen LogP) is 1.16. The number of amides is 1. The van der Waals surface area contributed by atoms with Crippen LogP contribution in [-0.4, -0.2) is 53.9 Å². The van der Waals surface area contributed by atoms with E-state index in [-0.39, 0.29) is 11.9 Å². The number of anilines is 1. The zero-order chi connectivity index (χ0) is 14.2. The zero-order valence-electron chi connectivity index (χ0n) is 11.6. The van der Waals surface area contributed by atoms with Gasteiger partial charge in [-0.15, -0.1) is 10.2 Å². The number of thioether (sulfide) groups is 1. The Labute approximate surface area is 123 Å². The van der Waals surface area contributed by atoms with Crippen molar-refractivity contribution in [2.75, 3.05) is 37.1 Å². The molecule has 110 valence electrons. The van der Waals surface area contributed by atoms with Gasteiger partial charge in [0.05, 0.1) is 0 Å². The second-order valence-electron chi connectivity index (χ2n) is 4.58. The molecule has 0 saturated carbocycles. The topological polar surface area (TPSA) is 76.1 Å². The van der Waals surface area contributed by atoms with Crippen molar-refractivity contribution in [3.8, 4) is 0 Å². The monoisotopic (exact) mass is 296 g/mol. The van der Waals surface area contributed by atoms with Gasteiger partial charge in [-0.05, 0) is 31.2 Å². The average Bonchev–Trinajstić information content (AvgIpc) is 2.49. The quantitative estimate of drug-likeness (QED) is 0.767. The van der Waals surface area contributed by atoms with Gasteiger partial charge in [0, 0.05) is 31.6 Å². The molecule has 6 nitrogen and oxygen atoms in total. The van der Waals surface area contributed by atoms with Crippen LogP contribution in [-0.2, 0) is 4.74 Å². The first-order valence-electron chi connectivity index (χ1n) is 6.75. The van der Waals surface area contributed by atoms with Crippen LogP contribution in [0.3, 0.4) is 0 Å². The number of nitrogens with one attached hydrogen (secondary N) is 2. The summed E-state index contributed by atoms with van der Waals surface area (Å²) in [6.07, 6.45) is 3.76. The van der Waals surface area contributed by atoms with Crippen LogP contribution in [0.4, 0.5) is 5.82 Å². The summed E-state index contributed by atoms with van der Waals surface area (Å²) in [6.45, 7) is 2.24. The molecule has 1 aromatic heterocycles. The normalized spacial score (nSPS) is 15.8. The van der Waals surface area contributed by atoms with Gasteiger partial charge in [0.25, 0.3) is 5.91 Å². The Balaban J connectivity index is 1.83. The molecule has 0 unspecified atom stereocenters. The van der Waals surface area contributed by atoms with Crippen LogP contribution in [0.2, 0.25) is 0 Å². The van der Waals surface area contributed by atoms with E-state index < -0.39 is 0 Å². The van der Waals surface area contributed by atoms with Crippen molar-refractivity contribution >= 4 is 23.5 Å². The van der Waals surface area contributed by atoms with Gasteiger partial charge in [0.2, 0.25) is 0 Å². The Morgan fingerprint density at radius 1 is 1.40 bits per heavy atom. The molecule has 1 amide bonds. The Morgan fingerprint density at radius 2 is 2.20 bits per heavy atom. The smallest absolute Gasteiger partial charge is 0.272 e. The molecule has 1 fully saturated rings. The molecule has 2 N–H and O–H groups in total. The molecule has 2 heterocycles. The molecule has 2 rings (SSSR count). The highest BCUT2D eigenvalue weighted by atomic mass is 32.2. The molecule has 0 atom stereocenters. The van der Waals surface area contributed by atoms with Gasteiger partial charge in [-0.3, -0.25) is 4.79 Å². The summed E-state index contributed by atoms with van der Waals surface area (Å²) in [7, 11) is 0. The molecule has 20 heavy (non-hydrogen) atoms. The third kappa shape index (κ3) is 4.64. The highest BCUT2D eigenvalue weighted by molar-refractivity contribution is 7.98. The van der Waals surface area contributed by atoms with Crippen LogP contribution in [0.1, 0.15) is 23.3 Å². The minimum absolute atomic E-state index is 0.167. The molecular formula is C13H20N4O2S. The number of nitrogens with zero attached hydrogens (tertiary/aromatic N) is 2. The highest BCUT2D eigenvalue weighted by Gasteiger charge is 2.17. The van der Waals surface area contributed by atoms with Crippen LogP contribution in [0.15, 0.2) is 12.1 Å². The molecule has 1 aromatic rings. The van der Waals surface area contributed by atoms with E-state index in [1.165, 1.54) is 0 Å². The third-order valence-corrected chi connectivity index (χ3v) is 3.68. The lowest BCUT2D eigenvalue weighted by Crippen LogP contribution is -2.39. The lowest BCUT2D eigenvalue weighted by molar-refractivity contribution is 0.0693. The van der Waals surface area contributed by atoms with Crippen LogP contribution >= 0.6 is 11.8 Å². The van der Waals surface area contributed by atoms with Gasteiger partial charge in [-0.25, -0.2) is 0 Å². The maximum Gasteiger partial charge on any atom is 0.272 e. The fraction of sp³-hybridized carbons (Fsp3) is 0.615. The van der Waals surface area contributed by atoms with Crippen LogP contribution in [0.5, 0.6) is 0 Å². The number of hydrogen-bond acceptors (Lipinski definition) is 6. The van der Waals surface area contributed by atoms with Crippen LogP contribution < -0.4 is 10.6 Å². The van der Waals surface area contributed by atoms with Gasteiger partial charge >= 0.3 is 0 Å². The summed E-state index contributed by atoms with van der Waals surface area (Å²) in [5.74, 6) is 1.54. The van der Waals surface area contributed by atoms with E-state index in [1.54, 1.807) is 23.9 Å². The number of hydrogen-bond donors (Lipinski definition) is 2. The maximum atomic E-state index is 12.0. The number of carbonyl (C=O) groups excluding carboxylic acids is 1. The molecule has 1 aliphatic heterocycles. The van der Waals surface area contributed by atoms with Gasteiger partial charge in [0.15, 0.2) is 5.69 Å². The molecule has 7 heteroatoms. The SMILES string of the molecule is CSCCNc1ccc(C(=O)NC2CCOCC2)nn1. The van der Waals surface area contributed by atoms with Crippen molar-refractivity contribution in [2.24, 2.45) is 0 Å². The van der Waals surface area contributed by atoms with Gasteiger partial charge in [-0.2, -0.15) is 11.8 Å². The summed E-state index contributed by atoms with van der Waals surface area (Å²) >= 11 is 1.76. The fourth-order valence-electron chi connectivity index (χ4n) is 1.93. The number of carbonyl (C=O) groups is 1. The molecule has 0 aromatic carbocycles. The highest BCUT2D eigenvalue weighted by Crippen LogP contribution is 2.08. The van der Waals surface area contributed by atoms with Gasteiger partial charge in [0.1, 0.15) is 5.82 Å². The zero-order valence-corrected chi connectivity index (χ0v) is 12.4. The number of aromatic nitrogens is 2. The van der Waals surface area contributed by atoms with Crippen LogP contribution in [0, 0.1) is 0 Å². The molecule has 0 radical (unpaired) electrons. The van der Waals surface area contributed by atoms with Crippen molar-refractivity contribution < 1.29 is 9.53 Å². The van der Waals surface area contributed by atoms with E-state index in [2.05, 4.69) is 27.1 Å². The molecule has 0 aliphatic carbocycles. The standard InChI is InChI=1S/C13H20N4O2S/c1-20-9-6-14-12-3-2-11(16-17-12)13(18)15-10-4-7-19-8-5-10/h2-3,10H,4-9H2,1H3,(H,14,17)(H,15,18). The molecule has 1 aliphatic rings. The summed E-state index contributed by atoms with van der Waals surface area (Å²) in [5, 5.41) is 14.1. The second kappa shape index (κ2) is 8.06. The first-order valence-corrected chi connectivity index (χ1v) is 8.14. The third-order valence-electron chi connectivity index (χ3n) is 3.07. The maximum absolute atomic E-state index is 12.0. The Kier molecular flexibility index (Phi) is 6.07. The van der Waals surface area contributed by atoms with E-state index >= 15 is 0 Å². The van der Waals surface area contributed by atoms with Crippen molar-refractivity contribution in [2.45, 2.75) is 18.9 Å². The van der Waals surface area contributed by atoms with E-state index in [0.29, 0.717) is 24.7 Å². The fourth-order valence-corrected chi connectivity index (χ4v) is 2.24. The summed E-state index contributed by atoms with van der Waals surface area (Å²) in [6, 6.07) is 3.66. The summed E-state index contributed by atoms with van der Waals surface area (Å²) < 4.78 is 5.26. The summed E-state index contributed by atoms with van der Waals surface area (Å²) in [4.78, 5) is 12.0. The van der Waals surface area contributed by atoms with Crippen molar-refractivity contribution in [3.63, 3.8) is 0 Å². The average molecular weight is 296 g/mol. The van der Waals surface area contributed by atoms with Gasteiger partial charge in [-0.1, -0.05) is 0 Å². The minimum Gasteiger partial charge on any atom is -0.381 e. The predicted molar refractivity (Wildman–Crippen MR) is 80.2 cm³/mol. The molecule has 0 spiro atoms.